The van der Waals surface area contributed by atoms with Crippen LogP contribution in [0.25, 0.3) is 89.4 Å². The molecule has 254 valence electrons. The summed E-state index contributed by atoms with van der Waals surface area (Å²) in [6.45, 7) is 0.546. The van der Waals surface area contributed by atoms with Gasteiger partial charge in [-0.25, -0.2) is 15.0 Å². The van der Waals surface area contributed by atoms with Crippen LogP contribution in [0.15, 0.2) is 188 Å². The SMILES string of the molecule is c1ccc(-c2ccc(-c3nc(-c4cccc(-c5ccccc5)c4)nc(-c4ccc(-c5cccc6c5-c5ccccc5OC6)c5ccccc45)n3)cc2)cc1. The van der Waals surface area contributed by atoms with Gasteiger partial charge in [0.25, 0.3) is 0 Å². The van der Waals surface area contributed by atoms with Gasteiger partial charge >= 0.3 is 0 Å². The van der Waals surface area contributed by atoms with E-state index in [-0.39, 0.29) is 0 Å². The lowest BCUT2D eigenvalue weighted by Crippen LogP contribution is -2.06. The number of aromatic nitrogens is 3. The van der Waals surface area contributed by atoms with E-state index in [0.717, 1.165) is 61.0 Å². The molecule has 0 saturated heterocycles. The fourth-order valence-electron chi connectivity index (χ4n) is 7.61. The van der Waals surface area contributed by atoms with Gasteiger partial charge in [0.05, 0.1) is 0 Å². The largest absolute Gasteiger partial charge is 0.488 e. The Morgan fingerprint density at radius 2 is 0.852 bits per heavy atom. The second-order valence-electron chi connectivity index (χ2n) is 13.5. The highest BCUT2D eigenvalue weighted by molar-refractivity contribution is 6.07. The molecule has 0 radical (unpaired) electrons. The monoisotopic (exact) mass is 691 g/mol. The van der Waals surface area contributed by atoms with Crippen LogP contribution in [0.1, 0.15) is 5.56 Å². The zero-order valence-electron chi connectivity index (χ0n) is 29.4. The van der Waals surface area contributed by atoms with Crippen molar-refractivity contribution in [2.75, 3.05) is 0 Å². The van der Waals surface area contributed by atoms with Crippen molar-refractivity contribution >= 4 is 10.8 Å². The Labute approximate surface area is 314 Å². The maximum Gasteiger partial charge on any atom is 0.164 e. The van der Waals surface area contributed by atoms with Gasteiger partial charge in [-0.05, 0) is 73.5 Å². The summed E-state index contributed by atoms with van der Waals surface area (Å²) in [6, 6.07) is 65.6. The molecule has 2 heterocycles. The summed E-state index contributed by atoms with van der Waals surface area (Å²) in [5.74, 6) is 2.80. The minimum absolute atomic E-state index is 0.546. The zero-order valence-corrected chi connectivity index (χ0v) is 29.4. The average molecular weight is 692 g/mol. The first-order chi connectivity index (χ1) is 26.8. The lowest BCUT2D eigenvalue weighted by Gasteiger charge is -2.24. The molecule has 54 heavy (non-hydrogen) atoms. The van der Waals surface area contributed by atoms with E-state index < -0.39 is 0 Å². The lowest BCUT2D eigenvalue weighted by atomic mass is 9.86. The molecule has 0 amide bonds. The number of rotatable bonds is 6. The number of nitrogens with zero attached hydrogens (tertiary/aromatic N) is 3. The second-order valence-corrected chi connectivity index (χ2v) is 13.5. The fraction of sp³-hybridized carbons (Fsp3) is 0.0200. The molecule has 0 fully saturated rings. The normalized spacial score (nSPS) is 11.8. The molecule has 0 N–H and O–H groups in total. The Kier molecular flexibility index (Phi) is 7.85. The van der Waals surface area contributed by atoms with Crippen LogP contribution in [0.2, 0.25) is 0 Å². The van der Waals surface area contributed by atoms with Crippen LogP contribution in [0.3, 0.4) is 0 Å². The van der Waals surface area contributed by atoms with Gasteiger partial charge in [-0.2, -0.15) is 0 Å². The molecule has 1 aromatic heterocycles. The predicted molar refractivity (Wildman–Crippen MR) is 220 cm³/mol. The van der Waals surface area contributed by atoms with E-state index in [1.165, 1.54) is 22.3 Å². The molecular weight excluding hydrogens is 659 g/mol. The van der Waals surface area contributed by atoms with Crippen LogP contribution in [-0.2, 0) is 6.61 Å². The van der Waals surface area contributed by atoms with Crippen LogP contribution in [-0.4, -0.2) is 15.0 Å². The Morgan fingerprint density at radius 3 is 1.63 bits per heavy atom. The molecule has 0 aliphatic carbocycles. The van der Waals surface area contributed by atoms with Gasteiger partial charge in [0.15, 0.2) is 17.5 Å². The molecule has 9 aromatic rings. The Hall–Kier alpha value is -7.17. The summed E-state index contributed by atoms with van der Waals surface area (Å²) in [7, 11) is 0. The van der Waals surface area contributed by atoms with Crippen molar-refractivity contribution in [2.24, 2.45) is 0 Å². The van der Waals surface area contributed by atoms with Gasteiger partial charge in [-0.3, -0.25) is 0 Å². The van der Waals surface area contributed by atoms with Crippen LogP contribution in [0.5, 0.6) is 5.75 Å². The molecule has 10 rings (SSSR count). The van der Waals surface area contributed by atoms with Crippen molar-refractivity contribution in [1.29, 1.82) is 0 Å². The standard InChI is InChI=1S/C50H33N3O/c1-3-13-33(14-4-1)35-25-27-36(28-26-35)48-51-49(38-18-11-17-37(31-38)34-15-5-2-6-16-34)53-50(52-48)44-30-29-42(40-20-7-8-21-41(40)44)43-23-12-19-39-32-54-46-24-10-9-22-45(46)47(39)43/h1-31H,32H2. The van der Waals surface area contributed by atoms with Gasteiger partial charge in [-0.1, -0.05) is 170 Å². The van der Waals surface area contributed by atoms with Crippen LogP contribution in [0.4, 0.5) is 0 Å². The molecule has 8 aromatic carbocycles. The maximum absolute atomic E-state index is 6.14. The third-order valence-corrected chi connectivity index (χ3v) is 10.3. The quantitative estimate of drug-likeness (QED) is 0.174. The number of fused-ring (bicyclic) bond motifs is 4. The minimum atomic E-state index is 0.546. The summed E-state index contributed by atoms with van der Waals surface area (Å²) in [5, 5.41) is 2.21. The van der Waals surface area contributed by atoms with Crippen molar-refractivity contribution < 1.29 is 4.74 Å². The number of ether oxygens (including phenoxy) is 1. The molecule has 1 aliphatic rings. The summed E-state index contributed by atoms with van der Waals surface area (Å²) in [6.07, 6.45) is 0. The van der Waals surface area contributed by atoms with Crippen molar-refractivity contribution in [2.45, 2.75) is 6.61 Å². The average Bonchev–Trinajstić information content (AvgIpc) is 3.26. The van der Waals surface area contributed by atoms with E-state index in [0.29, 0.717) is 24.1 Å². The predicted octanol–water partition coefficient (Wildman–Crippen LogP) is 12.6. The van der Waals surface area contributed by atoms with Crippen LogP contribution < -0.4 is 4.74 Å². The second kappa shape index (κ2) is 13.4. The minimum Gasteiger partial charge on any atom is -0.488 e. The van der Waals surface area contributed by atoms with E-state index in [1.807, 2.05) is 18.2 Å². The topological polar surface area (TPSA) is 47.9 Å². The van der Waals surface area contributed by atoms with Crippen molar-refractivity contribution in [3.05, 3.63) is 194 Å². The number of hydrogen-bond donors (Lipinski definition) is 0. The first-order valence-corrected chi connectivity index (χ1v) is 18.2. The van der Waals surface area contributed by atoms with Crippen molar-refractivity contribution in [1.82, 2.24) is 15.0 Å². The van der Waals surface area contributed by atoms with Crippen LogP contribution in [0, 0.1) is 0 Å². The van der Waals surface area contributed by atoms with Gasteiger partial charge in [0.1, 0.15) is 12.4 Å². The smallest absolute Gasteiger partial charge is 0.164 e. The molecule has 4 nitrogen and oxygen atoms in total. The summed E-state index contributed by atoms with van der Waals surface area (Å²) < 4.78 is 6.14. The zero-order chi connectivity index (χ0) is 35.8. The molecule has 0 saturated carbocycles. The van der Waals surface area contributed by atoms with E-state index in [4.69, 9.17) is 19.7 Å². The van der Waals surface area contributed by atoms with E-state index in [1.54, 1.807) is 0 Å². The number of hydrogen-bond acceptors (Lipinski definition) is 4. The molecule has 0 unspecified atom stereocenters. The first kappa shape index (κ1) is 31.6. The molecule has 0 bridgehead atoms. The fourth-order valence-corrected chi connectivity index (χ4v) is 7.61. The molecular formula is C50H33N3O. The number of benzene rings is 8. The Morgan fingerprint density at radius 1 is 0.333 bits per heavy atom. The highest BCUT2D eigenvalue weighted by atomic mass is 16.5. The van der Waals surface area contributed by atoms with Crippen molar-refractivity contribution in [3.63, 3.8) is 0 Å². The lowest BCUT2D eigenvalue weighted by molar-refractivity contribution is 0.302. The number of para-hydroxylation sites is 1. The Bertz CT molecular complexity index is 2810. The molecule has 0 spiro atoms. The summed E-state index contributed by atoms with van der Waals surface area (Å²) in [4.78, 5) is 15.5. The highest BCUT2D eigenvalue weighted by Gasteiger charge is 2.23. The molecule has 1 aliphatic heterocycles. The first-order valence-electron chi connectivity index (χ1n) is 18.2. The summed E-state index contributed by atoms with van der Waals surface area (Å²) in [5.41, 5.74) is 13.2. The van der Waals surface area contributed by atoms with Crippen molar-refractivity contribution in [3.8, 4) is 84.4 Å². The van der Waals surface area contributed by atoms with E-state index in [9.17, 15) is 0 Å². The Balaban J connectivity index is 1.15. The van der Waals surface area contributed by atoms with Crippen LogP contribution >= 0.6 is 0 Å². The van der Waals surface area contributed by atoms with E-state index in [2.05, 4.69) is 170 Å². The van der Waals surface area contributed by atoms with E-state index >= 15 is 0 Å². The van der Waals surface area contributed by atoms with Gasteiger partial charge in [0.2, 0.25) is 0 Å². The molecule has 4 heteroatoms. The third-order valence-electron chi connectivity index (χ3n) is 10.3. The maximum atomic E-state index is 6.14. The third kappa shape index (κ3) is 5.71. The van der Waals surface area contributed by atoms with Gasteiger partial charge < -0.3 is 4.74 Å². The highest BCUT2D eigenvalue weighted by Crippen LogP contribution is 2.45. The molecule has 0 atom stereocenters. The summed E-state index contributed by atoms with van der Waals surface area (Å²) >= 11 is 0. The van der Waals surface area contributed by atoms with Gasteiger partial charge in [0, 0.05) is 22.3 Å². The van der Waals surface area contributed by atoms with Gasteiger partial charge in [-0.15, -0.1) is 0 Å².